The van der Waals surface area contributed by atoms with Gasteiger partial charge in [-0.05, 0) is 32.1 Å². The Labute approximate surface area is 130 Å². The van der Waals surface area contributed by atoms with Gasteiger partial charge in [0.1, 0.15) is 0 Å². The number of amides is 2. The SMILES string of the molecule is O=C1CC[C@@H](CO)N1.O=C1CC[C@@H](CO[C@H]2CCCCO2)N1. The van der Waals surface area contributed by atoms with Crippen LogP contribution in [0.3, 0.4) is 0 Å². The Kier molecular flexibility index (Phi) is 7.08. The van der Waals surface area contributed by atoms with Crippen molar-refractivity contribution in [3.05, 3.63) is 0 Å². The molecule has 0 aromatic rings. The third-order valence-electron chi connectivity index (χ3n) is 4.01. The van der Waals surface area contributed by atoms with Crippen LogP contribution >= 0.6 is 0 Å². The molecule has 0 unspecified atom stereocenters. The summed E-state index contributed by atoms with van der Waals surface area (Å²) in [5, 5.41) is 14.0. The van der Waals surface area contributed by atoms with Crippen molar-refractivity contribution in [1.29, 1.82) is 0 Å². The van der Waals surface area contributed by atoms with Gasteiger partial charge in [0.05, 0.1) is 25.3 Å². The average Bonchev–Trinajstić information content (AvgIpc) is 3.15. The van der Waals surface area contributed by atoms with Crippen LogP contribution in [-0.4, -0.2) is 55.1 Å². The van der Waals surface area contributed by atoms with Crippen LogP contribution in [-0.2, 0) is 19.1 Å². The van der Waals surface area contributed by atoms with E-state index in [0.717, 1.165) is 32.3 Å². The fourth-order valence-corrected chi connectivity index (χ4v) is 2.68. The Morgan fingerprint density at radius 2 is 1.73 bits per heavy atom. The summed E-state index contributed by atoms with van der Waals surface area (Å²) in [7, 11) is 0. The zero-order chi connectivity index (χ0) is 15.8. The molecule has 3 saturated heterocycles. The van der Waals surface area contributed by atoms with Crippen LogP contribution in [0, 0.1) is 0 Å². The second kappa shape index (κ2) is 9.07. The highest BCUT2D eigenvalue weighted by molar-refractivity contribution is 5.78. The lowest BCUT2D eigenvalue weighted by atomic mass is 10.2. The van der Waals surface area contributed by atoms with Crippen molar-refractivity contribution < 1.29 is 24.2 Å². The summed E-state index contributed by atoms with van der Waals surface area (Å²) in [6.07, 6.45) is 6.16. The van der Waals surface area contributed by atoms with Gasteiger partial charge in [0, 0.05) is 19.4 Å². The number of carbonyl (C=O) groups excluding carboxylic acids is 2. The second-order valence-corrected chi connectivity index (χ2v) is 5.92. The van der Waals surface area contributed by atoms with Gasteiger partial charge in [-0.2, -0.15) is 0 Å². The van der Waals surface area contributed by atoms with Crippen LogP contribution in [0.2, 0.25) is 0 Å². The van der Waals surface area contributed by atoms with Gasteiger partial charge in [-0.1, -0.05) is 0 Å². The molecule has 0 saturated carbocycles. The minimum atomic E-state index is -0.0405. The van der Waals surface area contributed by atoms with Crippen molar-refractivity contribution in [2.75, 3.05) is 19.8 Å². The maximum absolute atomic E-state index is 10.9. The van der Waals surface area contributed by atoms with Crippen LogP contribution in [0.1, 0.15) is 44.9 Å². The van der Waals surface area contributed by atoms with Crippen LogP contribution in [0.15, 0.2) is 0 Å². The lowest BCUT2D eigenvalue weighted by Crippen LogP contribution is -2.33. The Morgan fingerprint density at radius 3 is 2.18 bits per heavy atom. The molecule has 22 heavy (non-hydrogen) atoms. The Balaban J connectivity index is 0.000000188. The van der Waals surface area contributed by atoms with Crippen molar-refractivity contribution in [3.63, 3.8) is 0 Å². The smallest absolute Gasteiger partial charge is 0.220 e. The van der Waals surface area contributed by atoms with Gasteiger partial charge in [0.25, 0.3) is 0 Å². The minimum Gasteiger partial charge on any atom is -0.394 e. The monoisotopic (exact) mass is 314 g/mol. The molecule has 3 atom stereocenters. The fourth-order valence-electron chi connectivity index (χ4n) is 2.68. The van der Waals surface area contributed by atoms with Crippen LogP contribution in [0.25, 0.3) is 0 Å². The van der Waals surface area contributed by atoms with Gasteiger partial charge < -0.3 is 25.2 Å². The van der Waals surface area contributed by atoms with Gasteiger partial charge in [0.2, 0.25) is 11.8 Å². The van der Waals surface area contributed by atoms with E-state index in [1.807, 2.05) is 0 Å². The normalized spacial score (nSPS) is 31.2. The first-order valence-corrected chi connectivity index (χ1v) is 8.10. The van der Waals surface area contributed by atoms with Crippen molar-refractivity contribution in [3.8, 4) is 0 Å². The largest absolute Gasteiger partial charge is 0.394 e. The molecule has 0 aromatic carbocycles. The summed E-state index contributed by atoms with van der Waals surface area (Å²) in [5.41, 5.74) is 0. The lowest BCUT2D eigenvalue weighted by molar-refractivity contribution is -0.165. The van der Waals surface area contributed by atoms with E-state index in [9.17, 15) is 9.59 Å². The predicted molar refractivity (Wildman–Crippen MR) is 79.0 cm³/mol. The molecule has 2 amide bonds. The number of hydrogen-bond acceptors (Lipinski definition) is 5. The molecule has 0 aromatic heterocycles. The van der Waals surface area contributed by atoms with Crippen LogP contribution in [0.5, 0.6) is 0 Å². The van der Waals surface area contributed by atoms with E-state index in [1.165, 1.54) is 6.42 Å². The van der Waals surface area contributed by atoms with E-state index >= 15 is 0 Å². The molecule has 3 N–H and O–H groups in total. The summed E-state index contributed by atoms with van der Waals surface area (Å²) < 4.78 is 11.0. The topological polar surface area (TPSA) is 96.9 Å². The van der Waals surface area contributed by atoms with E-state index in [4.69, 9.17) is 14.6 Å². The Bertz CT molecular complexity index is 371. The first-order chi connectivity index (χ1) is 10.7. The first-order valence-electron chi connectivity index (χ1n) is 8.10. The van der Waals surface area contributed by atoms with Gasteiger partial charge in [-0.3, -0.25) is 9.59 Å². The molecular formula is C15H26N2O5. The quantitative estimate of drug-likeness (QED) is 0.682. The standard InChI is InChI=1S/C10H17NO3.C5H9NO2/c12-9-5-4-8(11-9)7-14-10-3-1-2-6-13-10;7-3-4-1-2-5(8)6-4/h8,10H,1-7H2,(H,11,12);4,7H,1-3H2,(H,6,8)/t8-,10-;4-/m00/s1. The van der Waals surface area contributed by atoms with Gasteiger partial charge in [-0.25, -0.2) is 0 Å². The van der Waals surface area contributed by atoms with Gasteiger partial charge in [0.15, 0.2) is 6.29 Å². The number of carbonyl (C=O) groups is 2. The minimum absolute atomic E-state index is 0.0301. The number of hydrogen-bond donors (Lipinski definition) is 3. The van der Waals surface area contributed by atoms with Crippen molar-refractivity contribution in [1.82, 2.24) is 10.6 Å². The molecule has 126 valence electrons. The number of aliphatic hydroxyl groups is 1. The van der Waals surface area contributed by atoms with Crippen molar-refractivity contribution >= 4 is 11.8 Å². The summed E-state index contributed by atoms with van der Waals surface area (Å²) >= 11 is 0. The number of aliphatic hydroxyl groups excluding tert-OH is 1. The van der Waals surface area contributed by atoms with Gasteiger partial charge >= 0.3 is 0 Å². The first kappa shape index (κ1) is 17.2. The molecule has 0 spiro atoms. The Hall–Kier alpha value is -1.18. The molecule has 0 radical (unpaired) electrons. The molecule has 0 bridgehead atoms. The number of ether oxygens (including phenoxy) is 2. The second-order valence-electron chi connectivity index (χ2n) is 5.92. The summed E-state index contributed by atoms with van der Waals surface area (Å²) in [4.78, 5) is 21.3. The van der Waals surface area contributed by atoms with Crippen LogP contribution < -0.4 is 10.6 Å². The maximum atomic E-state index is 10.9. The molecular weight excluding hydrogens is 288 g/mol. The number of nitrogens with one attached hydrogen (secondary N) is 2. The van der Waals surface area contributed by atoms with E-state index in [1.54, 1.807) is 0 Å². The molecule has 3 fully saturated rings. The zero-order valence-electron chi connectivity index (χ0n) is 12.9. The van der Waals surface area contributed by atoms with Crippen molar-refractivity contribution in [2.45, 2.75) is 63.3 Å². The predicted octanol–water partition coefficient (Wildman–Crippen LogP) is 0.0655. The molecule has 3 rings (SSSR count). The van der Waals surface area contributed by atoms with Crippen LogP contribution in [0.4, 0.5) is 0 Å². The molecule has 3 aliphatic rings. The highest BCUT2D eigenvalue weighted by Gasteiger charge is 2.23. The average molecular weight is 314 g/mol. The van der Waals surface area contributed by atoms with Crippen molar-refractivity contribution in [2.24, 2.45) is 0 Å². The molecule has 3 aliphatic heterocycles. The molecule has 7 nitrogen and oxygen atoms in total. The third-order valence-corrected chi connectivity index (χ3v) is 4.01. The lowest BCUT2D eigenvalue weighted by Gasteiger charge is -2.24. The molecule has 3 heterocycles. The highest BCUT2D eigenvalue weighted by atomic mass is 16.7. The molecule has 7 heteroatoms. The summed E-state index contributed by atoms with van der Waals surface area (Å²) in [6, 6.07) is 0.232. The van der Waals surface area contributed by atoms with E-state index in [-0.39, 0.29) is 36.8 Å². The molecule has 0 aliphatic carbocycles. The fraction of sp³-hybridized carbons (Fsp3) is 0.867. The van der Waals surface area contributed by atoms with E-state index in [2.05, 4.69) is 10.6 Å². The maximum Gasteiger partial charge on any atom is 0.220 e. The summed E-state index contributed by atoms with van der Waals surface area (Å²) in [6.45, 7) is 1.48. The zero-order valence-corrected chi connectivity index (χ0v) is 12.9. The third kappa shape index (κ3) is 5.90. The Morgan fingerprint density at radius 1 is 1.05 bits per heavy atom. The highest BCUT2D eigenvalue weighted by Crippen LogP contribution is 2.15. The van der Waals surface area contributed by atoms with E-state index in [0.29, 0.717) is 19.4 Å². The van der Waals surface area contributed by atoms with Gasteiger partial charge in [-0.15, -0.1) is 0 Å². The number of rotatable bonds is 4. The summed E-state index contributed by atoms with van der Waals surface area (Å²) in [5.74, 6) is 0.201. The van der Waals surface area contributed by atoms with E-state index < -0.39 is 0 Å².